The first-order chi connectivity index (χ1) is 15.9. The third-order valence-electron chi connectivity index (χ3n) is 6.30. The van der Waals surface area contributed by atoms with Crippen molar-refractivity contribution in [3.05, 3.63) is 23.3 Å². The number of carbonyl (C=O) groups is 2. The van der Waals surface area contributed by atoms with Crippen LogP contribution in [0.25, 0.3) is 0 Å². The minimum absolute atomic E-state index is 0.00853. The molecule has 10 nitrogen and oxygen atoms in total. The van der Waals surface area contributed by atoms with E-state index in [9.17, 15) is 30.0 Å². The fourth-order valence-corrected chi connectivity index (χ4v) is 3.93. The Balaban J connectivity index is 1.73. The van der Waals surface area contributed by atoms with E-state index in [-0.39, 0.29) is 26.2 Å². The van der Waals surface area contributed by atoms with Crippen LogP contribution in [0.5, 0.6) is 0 Å². The van der Waals surface area contributed by atoms with E-state index in [1.807, 2.05) is 32.9 Å². The molecule has 2 aliphatic heterocycles. The van der Waals surface area contributed by atoms with E-state index in [1.54, 1.807) is 6.92 Å². The molecule has 0 radical (unpaired) electrons. The first-order valence-corrected chi connectivity index (χ1v) is 11.8. The lowest BCUT2D eigenvalue weighted by molar-refractivity contribution is -0.126. The van der Waals surface area contributed by atoms with Crippen LogP contribution in [0.15, 0.2) is 23.3 Å². The highest BCUT2D eigenvalue weighted by atomic mass is 16.6. The van der Waals surface area contributed by atoms with Gasteiger partial charge in [-0.15, -0.1) is 0 Å². The second-order valence-corrected chi connectivity index (χ2v) is 9.66. The van der Waals surface area contributed by atoms with E-state index < -0.39 is 48.2 Å². The second kappa shape index (κ2) is 12.8. The highest BCUT2D eigenvalue weighted by molar-refractivity contribution is 5.96. The van der Waals surface area contributed by atoms with Gasteiger partial charge >= 0.3 is 6.03 Å². The summed E-state index contributed by atoms with van der Waals surface area (Å²) in [4.78, 5) is 24.5. The number of urea groups is 1. The molecule has 34 heavy (non-hydrogen) atoms. The number of imide groups is 1. The topological polar surface area (TPSA) is 149 Å². The van der Waals surface area contributed by atoms with Gasteiger partial charge in [-0.1, -0.05) is 23.3 Å². The highest BCUT2D eigenvalue weighted by Crippen LogP contribution is 2.26. The second-order valence-electron chi connectivity index (χ2n) is 9.66. The number of hydrogen-bond acceptors (Lipinski definition) is 8. The van der Waals surface area contributed by atoms with Crippen LogP contribution in [0, 0.1) is 0 Å². The number of aliphatic hydroxyl groups excluding tert-OH is 3. The molecule has 5 N–H and O–H groups in total. The summed E-state index contributed by atoms with van der Waals surface area (Å²) in [6.45, 7) is 7.90. The summed E-state index contributed by atoms with van der Waals surface area (Å²) in [6.07, 6.45) is 0.929. The number of allylic oxidation sites excluding steroid dienone is 3. The largest absolute Gasteiger partial charge is 0.390 e. The molecule has 2 rings (SSSR count). The van der Waals surface area contributed by atoms with Gasteiger partial charge < -0.3 is 29.9 Å². The van der Waals surface area contributed by atoms with E-state index in [2.05, 4.69) is 5.32 Å². The van der Waals surface area contributed by atoms with Crippen LogP contribution < -0.4 is 5.32 Å². The molecule has 194 valence electrons. The van der Waals surface area contributed by atoms with Crippen LogP contribution in [0.3, 0.4) is 0 Å². The molecule has 0 aromatic carbocycles. The summed E-state index contributed by atoms with van der Waals surface area (Å²) in [6, 6.07) is -0.661. The molecule has 0 aromatic heterocycles. The number of nitrogens with zero attached hydrogens (tertiary/aromatic N) is 1. The Morgan fingerprint density at radius 1 is 1.26 bits per heavy atom. The quantitative estimate of drug-likeness (QED) is 0.203. The molecule has 0 spiro atoms. The van der Waals surface area contributed by atoms with E-state index >= 15 is 0 Å². The lowest BCUT2D eigenvalue weighted by Gasteiger charge is -2.32. The Morgan fingerprint density at radius 3 is 2.62 bits per heavy atom. The molecular weight excluding hydrogens is 444 g/mol. The van der Waals surface area contributed by atoms with E-state index in [4.69, 9.17) is 9.47 Å². The number of ether oxygens (including phenoxy) is 2. The van der Waals surface area contributed by atoms with Gasteiger partial charge in [0.1, 0.15) is 18.3 Å². The van der Waals surface area contributed by atoms with E-state index in [0.29, 0.717) is 25.7 Å². The predicted octanol–water partition coefficient (Wildman–Crippen LogP) is 0.976. The van der Waals surface area contributed by atoms with Crippen molar-refractivity contribution in [3.63, 3.8) is 0 Å². The van der Waals surface area contributed by atoms with Crippen molar-refractivity contribution in [1.29, 1.82) is 0 Å². The Hall–Kier alpha value is -1.82. The van der Waals surface area contributed by atoms with Gasteiger partial charge in [0.05, 0.1) is 24.9 Å². The summed E-state index contributed by atoms with van der Waals surface area (Å²) in [5, 5.41) is 43.6. The summed E-state index contributed by atoms with van der Waals surface area (Å²) >= 11 is 0. The maximum atomic E-state index is 12.0. The molecule has 10 heteroatoms. The van der Waals surface area contributed by atoms with Gasteiger partial charge in [0, 0.05) is 13.0 Å². The summed E-state index contributed by atoms with van der Waals surface area (Å²) in [5.41, 5.74) is 1.01. The van der Waals surface area contributed by atoms with Crippen LogP contribution in [0.2, 0.25) is 0 Å². The van der Waals surface area contributed by atoms with Gasteiger partial charge in [-0.3, -0.25) is 15.0 Å². The lowest BCUT2D eigenvalue weighted by atomic mass is 9.89. The lowest BCUT2D eigenvalue weighted by Crippen LogP contribution is -2.56. The number of rotatable bonds is 12. The highest BCUT2D eigenvalue weighted by Gasteiger charge is 2.47. The van der Waals surface area contributed by atoms with Gasteiger partial charge in [-0.05, 0) is 53.4 Å². The molecule has 0 aromatic rings. The molecule has 0 saturated carbocycles. The van der Waals surface area contributed by atoms with Crippen molar-refractivity contribution in [1.82, 2.24) is 10.2 Å². The first-order valence-electron chi connectivity index (χ1n) is 11.8. The zero-order valence-electron chi connectivity index (χ0n) is 20.6. The zero-order chi connectivity index (χ0) is 25.5. The van der Waals surface area contributed by atoms with Gasteiger partial charge in [-0.2, -0.15) is 0 Å². The molecule has 3 amide bonds. The number of aliphatic hydroxyl groups is 4. The van der Waals surface area contributed by atoms with Crippen molar-refractivity contribution in [2.24, 2.45) is 0 Å². The molecule has 6 atom stereocenters. The van der Waals surface area contributed by atoms with Crippen LogP contribution in [0.4, 0.5) is 4.79 Å². The van der Waals surface area contributed by atoms with Gasteiger partial charge in [0.2, 0.25) is 5.91 Å². The maximum Gasteiger partial charge on any atom is 0.326 e. The molecule has 0 aliphatic carbocycles. The van der Waals surface area contributed by atoms with E-state index in [0.717, 1.165) is 5.57 Å². The van der Waals surface area contributed by atoms with Crippen molar-refractivity contribution < 1.29 is 39.5 Å². The number of amides is 3. The SMILES string of the molecule is CC(C)=CCC[C@@](C)(O)[C@@H](O)CC/C(C)=C/COC[C@H]1O[C@@H](N2CCC(=O)NC2=O)[C@H](O)[C@@H]1O. The third kappa shape index (κ3) is 8.14. The van der Waals surface area contributed by atoms with Gasteiger partial charge in [0.25, 0.3) is 0 Å². The molecule has 0 bridgehead atoms. The molecule has 2 aliphatic rings. The molecule has 2 fully saturated rings. The van der Waals surface area contributed by atoms with Crippen molar-refractivity contribution >= 4 is 11.9 Å². The number of carbonyl (C=O) groups excluding carboxylic acids is 2. The average Bonchev–Trinajstić information content (AvgIpc) is 3.03. The Labute approximate surface area is 201 Å². The minimum Gasteiger partial charge on any atom is -0.390 e. The average molecular weight is 485 g/mol. The normalized spacial score (nSPS) is 28.5. The third-order valence-corrected chi connectivity index (χ3v) is 6.30. The van der Waals surface area contributed by atoms with Crippen molar-refractivity contribution in [2.45, 2.75) is 96.0 Å². The van der Waals surface area contributed by atoms with Crippen LogP contribution in [0.1, 0.15) is 59.8 Å². The first kappa shape index (κ1) is 28.4. The van der Waals surface area contributed by atoms with Crippen LogP contribution in [-0.4, -0.2) is 93.3 Å². The predicted molar refractivity (Wildman–Crippen MR) is 125 cm³/mol. The fourth-order valence-electron chi connectivity index (χ4n) is 3.93. The van der Waals surface area contributed by atoms with Gasteiger partial charge in [0.15, 0.2) is 6.23 Å². The van der Waals surface area contributed by atoms with Gasteiger partial charge in [-0.25, -0.2) is 4.79 Å². The summed E-state index contributed by atoms with van der Waals surface area (Å²) in [5.74, 6) is -0.392. The Morgan fingerprint density at radius 2 is 1.97 bits per heavy atom. The number of hydrogen-bond donors (Lipinski definition) is 5. The summed E-state index contributed by atoms with van der Waals surface area (Å²) in [7, 11) is 0. The number of nitrogens with one attached hydrogen (secondary N) is 1. The summed E-state index contributed by atoms with van der Waals surface area (Å²) < 4.78 is 11.2. The molecule has 0 unspecified atom stereocenters. The standard InChI is InChI=1S/C24H40N2O8/c1-15(2)6-5-11-24(4,32)18(27)8-7-16(3)10-13-33-14-17-20(29)21(30)22(34-17)26-12-9-19(28)25-23(26)31/h6,10,17-18,20-22,27,29-30,32H,5,7-9,11-14H2,1-4H3,(H,25,28,31)/b16-10+/t17-,18+,20-,21-,22-,24-/m1/s1. The van der Waals surface area contributed by atoms with Crippen LogP contribution in [-0.2, 0) is 14.3 Å². The fraction of sp³-hybridized carbons (Fsp3) is 0.750. The Kier molecular flexibility index (Phi) is 10.7. The Bertz CT molecular complexity index is 762. The van der Waals surface area contributed by atoms with Crippen molar-refractivity contribution in [3.8, 4) is 0 Å². The maximum absolute atomic E-state index is 12.0. The van der Waals surface area contributed by atoms with E-state index in [1.165, 1.54) is 10.5 Å². The molecule has 2 heterocycles. The van der Waals surface area contributed by atoms with Crippen molar-refractivity contribution in [2.75, 3.05) is 19.8 Å². The minimum atomic E-state index is -1.31. The zero-order valence-corrected chi connectivity index (χ0v) is 20.6. The molecule has 2 saturated heterocycles. The molecular formula is C24H40N2O8. The monoisotopic (exact) mass is 484 g/mol. The van der Waals surface area contributed by atoms with Crippen LogP contribution >= 0.6 is 0 Å². The smallest absolute Gasteiger partial charge is 0.326 e.